The minimum atomic E-state index is 0.246. The van der Waals surface area contributed by atoms with Crippen LogP contribution >= 0.6 is 0 Å². The number of anilines is 2. The maximum absolute atomic E-state index is 6.23. The van der Waals surface area contributed by atoms with Gasteiger partial charge in [-0.25, -0.2) is 0 Å². The second kappa shape index (κ2) is 6.78. The van der Waals surface area contributed by atoms with Gasteiger partial charge in [-0.05, 0) is 44.0 Å². The zero-order valence-electron chi connectivity index (χ0n) is 13.9. The minimum absolute atomic E-state index is 0.246. The molecule has 2 aliphatic heterocycles. The summed E-state index contributed by atoms with van der Waals surface area (Å²) in [5, 5.41) is 0. The molecule has 0 aromatic heterocycles. The van der Waals surface area contributed by atoms with Crippen LogP contribution in [0.5, 0.6) is 5.75 Å². The Morgan fingerprint density at radius 1 is 1.18 bits per heavy atom. The zero-order chi connectivity index (χ0) is 15.5. The number of fused-ring (bicyclic) bond motifs is 1. The van der Waals surface area contributed by atoms with E-state index in [1.807, 2.05) is 18.2 Å². The van der Waals surface area contributed by atoms with Crippen molar-refractivity contribution < 1.29 is 4.74 Å². The summed E-state index contributed by atoms with van der Waals surface area (Å²) < 4.78 is 6.16. The Bertz CT molecular complexity index is 497. The number of para-hydroxylation sites is 1. The molecule has 1 atom stereocenters. The summed E-state index contributed by atoms with van der Waals surface area (Å²) in [4.78, 5) is 5.02. The minimum Gasteiger partial charge on any atom is -0.486 e. The number of hydrogen-bond donors (Lipinski definition) is 1. The van der Waals surface area contributed by atoms with Crippen LogP contribution in [0.4, 0.5) is 11.4 Å². The smallest absolute Gasteiger partial charge is 0.145 e. The molecule has 0 bridgehead atoms. The van der Waals surface area contributed by atoms with E-state index in [-0.39, 0.29) is 6.10 Å². The van der Waals surface area contributed by atoms with Crippen LogP contribution < -0.4 is 15.4 Å². The second-order valence-electron chi connectivity index (χ2n) is 6.94. The summed E-state index contributed by atoms with van der Waals surface area (Å²) >= 11 is 0. The number of hydrogen-bond acceptors (Lipinski definition) is 4. The van der Waals surface area contributed by atoms with Crippen LogP contribution in [0.15, 0.2) is 18.2 Å². The van der Waals surface area contributed by atoms with Gasteiger partial charge in [0.2, 0.25) is 0 Å². The second-order valence-corrected chi connectivity index (χ2v) is 6.94. The Morgan fingerprint density at radius 3 is 2.68 bits per heavy atom. The molecule has 1 unspecified atom stereocenters. The highest BCUT2D eigenvalue weighted by molar-refractivity contribution is 5.75. The van der Waals surface area contributed by atoms with E-state index in [0.717, 1.165) is 36.8 Å². The highest BCUT2D eigenvalue weighted by atomic mass is 16.5. The SMILES string of the molecule is CC(C)C1CN(CCN2CCCCC2)c2c(N)cccc2O1. The number of nitrogens with zero attached hydrogens (tertiary/aromatic N) is 2. The van der Waals surface area contributed by atoms with Crippen LogP contribution in [0.2, 0.25) is 0 Å². The molecule has 0 spiro atoms. The molecule has 1 aromatic carbocycles. The molecule has 0 amide bonds. The van der Waals surface area contributed by atoms with Crippen LogP contribution in [-0.2, 0) is 0 Å². The molecule has 3 rings (SSSR count). The molecule has 22 heavy (non-hydrogen) atoms. The van der Waals surface area contributed by atoms with Crippen molar-refractivity contribution in [3.8, 4) is 5.75 Å². The first-order chi connectivity index (χ1) is 10.6. The molecular weight excluding hydrogens is 274 g/mol. The predicted molar refractivity (Wildman–Crippen MR) is 92.6 cm³/mol. The number of ether oxygens (including phenoxy) is 1. The van der Waals surface area contributed by atoms with Crippen molar-refractivity contribution in [3.05, 3.63) is 18.2 Å². The Labute approximate surface area is 134 Å². The van der Waals surface area contributed by atoms with Gasteiger partial charge in [-0.3, -0.25) is 0 Å². The first kappa shape index (κ1) is 15.5. The molecule has 1 aromatic rings. The summed E-state index contributed by atoms with van der Waals surface area (Å²) in [5.41, 5.74) is 8.15. The third-order valence-corrected chi connectivity index (χ3v) is 4.90. The fourth-order valence-electron chi connectivity index (χ4n) is 3.48. The zero-order valence-corrected chi connectivity index (χ0v) is 13.9. The van der Waals surface area contributed by atoms with Gasteiger partial charge in [0.05, 0.1) is 12.2 Å². The molecule has 1 fully saturated rings. The first-order valence-electron chi connectivity index (χ1n) is 8.67. The summed E-state index contributed by atoms with van der Waals surface area (Å²) in [6, 6.07) is 6.01. The summed E-state index contributed by atoms with van der Waals surface area (Å²) in [6.45, 7) is 10.0. The van der Waals surface area contributed by atoms with Crippen LogP contribution in [0.3, 0.4) is 0 Å². The van der Waals surface area contributed by atoms with E-state index in [1.54, 1.807) is 0 Å². The average molecular weight is 303 g/mol. The lowest BCUT2D eigenvalue weighted by molar-refractivity contribution is 0.143. The van der Waals surface area contributed by atoms with E-state index in [2.05, 4.69) is 23.6 Å². The first-order valence-corrected chi connectivity index (χ1v) is 8.67. The lowest BCUT2D eigenvalue weighted by Gasteiger charge is -2.39. The van der Waals surface area contributed by atoms with Crippen LogP contribution in [0.1, 0.15) is 33.1 Å². The van der Waals surface area contributed by atoms with Crippen molar-refractivity contribution >= 4 is 11.4 Å². The summed E-state index contributed by atoms with van der Waals surface area (Å²) in [5.74, 6) is 1.45. The topological polar surface area (TPSA) is 41.7 Å². The normalized spacial score (nSPS) is 22.5. The molecule has 2 aliphatic rings. The standard InChI is InChI=1S/C18H29N3O/c1-14(2)17-13-21(12-11-20-9-4-3-5-10-20)18-15(19)7-6-8-16(18)22-17/h6-8,14,17H,3-5,9-13,19H2,1-2H3. The van der Waals surface area contributed by atoms with Gasteiger partial charge in [0.1, 0.15) is 17.5 Å². The lowest BCUT2D eigenvalue weighted by Crippen LogP contribution is -2.46. The number of piperidine rings is 1. The van der Waals surface area contributed by atoms with Crippen molar-refractivity contribution in [1.82, 2.24) is 4.90 Å². The van der Waals surface area contributed by atoms with Crippen molar-refractivity contribution in [2.45, 2.75) is 39.2 Å². The Morgan fingerprint density at radius 2 is 1.95 bits per heavy atom. The predicted octanol–water partition coefficient (Wildman–Crippen LogP) is 2.98. The number of likely N-dealkylation sites (tertiary alicyclic amines) is 1. The monoisotopic (exact) mass is 303 g/mol. The van der Waals surface area contributed by atoms with E-state index >= 15 is 0 Å². The largest absolute Gasteiger partial charge is 0.486 e. The molecule has 0 radical (unpaired) electrons. The van der Waals surface area contributed by atoms with Crippen molar-refractivity contribution in [3.63, 3.8) is 0 Å². The fraction of sp³-hybridized carbons (Fsp3) is 0.667. The van der Waals surface area contributed by atoms with E-state index in [1.165, 1.54) is 32.4 Å². The van der Waals surface area contributed by atoms with Gasteiger partial charge in [0.25, 0.3) is 0 Å². The van der Waals surface area contributed by atoms with Gasteiger partial charge in [-0.15, -0.1) is 0 Å². The van der Waals surface area contributed by atoms with Crippen molar-refractivity contribution in [2.24, 2.45) is 5.92 Å². The van der Waals surface area contributed by atoms with Gasteiger partial charge in [-0.2, -0.15) is 0 Å². The lowest BCUT2D eigenvalue weighted by atomic mass is 10.0. The number of rotatable bonds is 4. The third kappa shape index (κ3) is 3.32. The Balaban J connectivity index is 1.73. The molecule has 2 N–H and O–H groups in total. The van der Waals surface area contributed by atoms with Crippen LogP contribution in [0.25, 0.3) is 0 Å². The highest BCUT2D eigenvalue weighted by Crippen LogP contribution is 2.39. The molecule has 4 heteroatoms. The van der Waals surface area contributed by atoms with E-state index in [4.69, 9.17) is 10.5 Å². The number of nitrogen functional groups attached to an aromatic ring is 1. The highest BCUT2D eigenvalue weighted by Gasteiger charge is 2.29. The van der Waals surface area contributed by atoms with Crippen molar-refractivity contribution in [2.75, 3.05) is 43.4 Å². The quantitative estimate of drug-likeness (QED) is 0.868. The van der Waals surface area contributed by atoms with Gasteiger partial charge in [-0.1, -0.05) is 26.3 Å². The third-order valence-electron chi connectivity index (χ3n) is 4.90. The Hall–Kier alpha value is -1.42. The maximum atomic E-state index is 6.23. The molecule has 122 valence electrons. The Kier molecular flexibility index (Phi) is 4.77. The number of benzene rings is 1. The molecule has 1 saturated heterocycles. The molecule has 4 nitrogen and oxygen atoms in total. The van der Waals surface area contributed by atoms with Gasteiger partial charge in [0, 0.05) is 13.1 Å². The van der Waals surface area contributed by atoms with E-state index in [9.17, 15) is 0 Å². The van der Waals surface area contributed by atoms with E-state index < -0.39 is 0 Å². The van der Waals surface area contributed by atoms with Crippen LogP contribution in [-0.4, -0.2) is 43.7 Å². The van der Waals surface area contributed by atoms with Gasteiger partial charge < -0.3 is 20.3 Å². The molecule has 2 heterocycles. The van der Waals surface area contributed by atoms with Gasteiger partial charge in [0.15, 0.2) is 0 Å². The fourth-order valence-corrected chi connectivity index (χ4v) is 3.48. The average Bonchev–Trinajstić information content (AvgIpc) is 2.53. The van der Waals surface area contributed by atoms with E-state index in [0.29, 0.717) is 5.92 Å². The molecule has 0 saturated carbocycles. The molecular formula is C18H29N3O. The number of nitrogens with two attached hydrogens (primary N) is 1. The molecule has 0 aliphatic carbocycles. The van der Waals surface area contributed by atoms with Gasteiger partial charge >= 0.3 is 0 Å². The van der Waals surface area contributed by atoms with Crippen LogP contribution in [0, 0.1) is 5.92 Å². The van der Waals surface area contributed by atoms with Crippen molar-refractivity contribution in [1.29, 1.82) is 0 Å². The summed E-state index contributed by atoms with van der Waals surface area (Å²) in [6.07, 6.45) is 4.32. The maximum Gasteiger partial charge on any atom is 0.145 e. The summed E-state index contributed by atoms with van der Waals surface area (Å²) in [7, 11) is 0.